The highest BCUT2D eigenvalue weighted by molar-refractivity contribution is 7.98. The Balaban J connectivity index is 1.70. The maximum absolute atomic E-state index is 14.2. The number of likely N-dealkylation sites (N-methyl/N-ethyl adjacent to an activating group) is 1. The van der Waals surface area contributed by atoms with Crippen LogP contribution >= 0.6 is 23.4 Å². The van der Waals surface area contributed by atoms with Crippen LogP contribution in [-0.4, -0.2) is 116 Å². The Hall–Kier alpha value is -3.30. The summed E-state index contributed by atoms with van der Waals surface area (Å²) < 4.78 is 29.3. The molecular formula is C39H56ClN3O10S. The van der Waals surface area contributed by atoms with Crippen LogP contribution in [0.25, 0.3) is 0 Å². The summed E-state index contributed by atoms with van der Waals surface area (Å²) in [6, 6.07) is 2.66. The van der Waals surface area contributed by atoms with Gasteiger partial charge in [0.2, 0.25) is 11.8 Å². The number of aliphatic hydroxyl groups is 1. The van der Waals surface area contributed by atoms with Crippen molar-refractivity contribution in [2.24, 2.45) is 5.92 Å². The number of carbonyl (C=O) groups excluding carboxylic acids is 4. The fourth-order valence-electron chi connectivity index (χ4n) is 7.09. The summed E-state index contributed by atoms with van der Waals surface area (Å²) in [5, 5.41) is 14.5. The van der Waals surface area contributed by atoms with Crippen LogP contribution in [0.4, 0.5) is 10.5 Å². The van der Waals surface area contributed by atoms with Crippen molar-refractivity contribution in [2.75, 3.05) is 45.2 Å². The molecule has 3 heterocycles. The number of hydrogen-bond acceptors (Lipinski definition) is 11. The molecule has 300 valence electrons. The Labute approximate surface area is 328 Å². The predicted molar refractivity (Wildman–Crippen MR) is 208 cm³/mol. The number of nitrogens with zero attached hydrogens (tertiary/aromatic N) is 2. The number of methoxy groups -OCH3 is 2. The lowest BCUT2D eigenvalue weighted by atomic mass is 9.83. The van der Waals surface area contributed by atoms with Crippen molar-refractivity contribution >= 4 is 52.9 Å². The molecule has 0 spiro atoms. The van der Waals surface area contributed by atoms with Gasteiger partial charge in [-0.05, 0) is 69.7 Å². The number of esters is 1. The smallest absolute Gasteiger partial charge is 0.409 e. The number of rotatable bonds is 11. The molecule has 4 rings (SSSR count). The fraction of sp³-hybridized carbons (Fsp3) is 0.641. The number of halogens is 1. The average Bonchev–Trinajstić information content (AvgIpc) is 3.83. The van der Waals surface area contributed by atoms with E-state index in [1.54, 1.807) is 64.0 Å². The Morgan fingerprint density at radius 1 is 1.22 bits per heavy atom. The van der Waals surface area contributed by atoms with Gasteiger partial charge in [-0.1, -0.05) is 48.7 Å². The van der Waals surface area contributed by atoms with Gasteiger partial charge in [-0.3, -0.25) is 14.9 Å². The summed E-state index contributed by atoms with van der Waals surface area (Å²) in [5.74, 6) is -0.414. The molecule has 3 aliphatic rings. The summed E-state index contributed by atoms with van der Waals surface area (Å²) in [6.07, 6.45) is 6.01. The second-order valence-corrected chi connectivity index (χ2v) is 16.1. The Morgan fingerprint density at radius 3 is 2.61 bits per heavy atom. The van der Waals surface area contributed by atoms with Gasteiger partial charge in [-0.2, -0.15) is 11.8 Å². The van der Waals surface area contributed by atoms with Gasteiger partial charge in [0, 0.05) is 40.0 Å². The van der Waals surface area contributed by atoms with Crippen LogP contribution in [0.1, 0.15) is 71.8 Å². The van der Waals surface area contributed by atoms with Crippen LogP contribution < -0.4 is 15.0 Å². The maximum atomic E-state index is 14.2. The molecule has 1 aromatic carbocycles. The molecule has 13 nitrogen and oxygen atoms in total. The van der Waals surface area contributed by atoms with E-state index in [0.29, 0.717) is 30.7 Å². The van der Waals surface area contributed by atoms with E-state index in [0.717, 1.165) is 29.7 Å². The largest absolute Gasteiger partial charge is 0.495 e. The molecule has 0 aliphatic carbocycles. The van der Waals surface area contributed by atoms with E-state index in [-0.39, 0.29) is 23.8 Å². The monoisotopic (exact) mass is 793 g/mol. The Morgan fingerprint density at radius 2 is 1.94 bits per heavy atom. The van der Waals surface area contributed by atoms with E-state index in [1.165, 1.54) is 24.0 Å². The zero-order chi connectivity index (χ0) is 40.0. The number of allylic oxidation sites excluding steroid dienone is 3. The molecule has 2 saturated heterocycles. The third-order valence-electron chi connectivity index (χ3n) is 10.8. The van der Waals surface area contributed by atoms with Crippen LogP contribution in [0.15, 0.2) is 35.9 Å². The van der Waals surface area contributed by atoms with Gasteiger partial charge >= 0.3 is 12.1 Å². The van der Waals surface area contributed by atoms with Gasteiger partial charge < -0.3 is 38.6 Å². The van der Waals surface area contributed by atoms with E-state index in [2.05, 4.69) is 5.32 Å². The summed E-state index contributed by atoms with van der Waals surface area (Å²) >= 11 is 8.53. The number of unbranched alkanes of at least 4 members (excludes halogenated alkanes) is 2. The highest BCUT2D eigenvalue weighted by Crippen LogP contribution is 2.49. The molecular weight excluding hydrogens is 738 g/mol. The van der Waals surface area contributed by atoms with Gasteiger partial charge in [0.1, 0.15) is 40.7 Å². The zero-order valence-electron chi connectivity index (χ0n) is 32.8. The van der Waals surface area contributed by atoms with E-state index >= 15 is 0 Å². The standard InChI is InChI=1S/C39H56ClN3O10S/c1-23-14-13-15-30(50-8)39(48)22-29(51-37(47)41-39)24(2)35-38(4,53-35)31(52-36(46)25(3)42(5)32(44)16-11-10-12-17-54-9)21-33(45)43(6)27-19-26(18-23)20-28(49-7)34(27)40/h13-15,19-20,24-25,29-31,35,48H,10-12,16-18,21-22H2,1-9H3,(H,41,47)/b15-13-,23-14-/t24-,25+,29+,30-,31+,35+,38+,39+/m1/s1. The minimum absolute atomic E-state index is 0.0428. The van der Waals surface area contributed by atoms with Gasteiger partial charge in [0.25, 0.3) is 0 Å². The minimum Gasteiger partial charge on any atom is -0.495 e. The molecule has 15 heteroatoms. The van der Waals surface area contributed by atoms with Crippen LogP contribution in [0.3, 0.4) is 0 Å². The summed E-state index contributed by atoms with van der Waals surface area (Å²) in [6.45, 7) is 7.06. The molecule has 1 aromatic rings. The summed E-state index contributed by atoms with van der Waals surface area (Å²) in [4.78, 5) is 56.6. The number of hydrogen-bond donors (Lipinski definition) is 2. The maximum Gasteiger partial charge on any atom is 0.409 e. The van der Waals surface area contributed by atoms with Crippen LogP contribution in [-0.2, 0) is 39.8 Å². The first-order valence-corrected chi connectivity index (χ1v) is 20.1. The lowest BCUT2D eigenvalue weighted by Gasteiger charge is -2.42. The second kappa shape index (κ2) is 18.6. The van der Waals surface area contributed by atoms with Crippen molar-refractivity contribution in [3.63, 3.8) is 0 Å². The van der Waals surface area contributed by atoms with Crippen molar-refractivity contribution in [1.82, 2.24) is 10.2 Å². The average molecular weight is 794 g/mol. The number of benzene rings is 1. The van der Waals surface area contributed by atoms with E-state index < -0.39 is 65.7 Å². The quantitative estimate of drug-likeness (QED) is 0.167. The van der Waals surface area contributed by atoms with Gasteiger partial charge in [-0.25, -0.2) is 9.59 Å². The van der Waals surface area contributed by atoms with Gasteiger partial charge in [0.05, 0.1) is 25.3 Å². The number of anilines is 1. The van der Waals surface area contributed by atoms with E-state index in [4.69, 9.17) is 35.3 Å². The molecule has 3 amide bonds. The van der Waals surface area contributed by atoms with Crippen molar-refractivity contribution in [3.8, 4) is 5.75 Å². The summed E-state index contributed by atoms with van der Waals surface area (Å²) in [5.41, 5.74) is -0.872. The van der Waals surface area contributed by atoms with Crippen molar-refractivity contribution in [3.05, 3.63) is 46.5 Å². The molecule has 2 N–H and O–H groups in total. The number of alkyl carbamates (subject to hydrolysis) is 1. The number of ether oxygens (including phenoxy) is 5. The molecule has 0 saturated carbocycles. The molecule has 54 heavy (non-hydrogen) atoms. The number of thioether (sulfide) groups is 1. The molecule has 0 aromatic heterocycles. The normalized spacial score (nSPS) is 30.8. The molecule has 8 atom stereocenters. The highest BCUT2D eigenvalue weighted by atomic mass is 35.5. The first kappa shape index (κ1) is 43.4. The molecule has 4 bridgehead atoms. The van der Waals surface area contributed by atoms with Crippen LogP contribution in [0, 0.1) is 5.92 Å². The number of nitrogens with one attached hydrogen (secondary N) is 1. The second-order valence-electron chi connectivity index (χ2n) is 14.7. The fourth-order valence-corrected chi connectivity index (χ4v) is 7.90. The zero-order valence-corrected chi connectivity index (χ0v) is 34.4. The lowest BCUT2D eigenvalue weighted by molar-refractivity contribution is -0.162. The third kappa shape index (κ3) is 10.1. The van der Waals surface area contributed by atoms with Gasteiger partial charge in [0.15, 0.2) is 5.72 Å². The Bertz CT molecular complexity index is 1610. The Kier molecular flexibility index (Phi) is 14.9. The number of fused-ring (bicyclic) bond motifs is 5. The molecule has 0 unspecified atom stereocenters. The number of amides is 3. The van der Waals surface area contributed by atoms with E-state index in [1.807, 2.05) is 26.2 Å². The van der Waals surface area contributed by atoms with E-state index in [9.17, 15) is 24.3 Å². The van der Waals surface area contributed by atoms with Crippen molar-refractivity contribution in [2.45, 2.75) is 114 Å². The van der Waals surface area contributed by atoms with Crippen molar-refractivity contribution in [1.29, 1.82) is 0 Å². The van der Waals surface area contributed by atoms with Gasteiger partial charge in [-0.15, -0.1) is 0 Å². The topological polar surface area (TPSA) is 156 Å². The molecule has 0 radical (unpaired) electrons. The van der Waals surface area contributed by atoms with Crippen molar-refractivity contribution < 1.29 is 48.0 Å². The third-order valence-corrected chi connectivity index (χ3v) is 11.8. The highest BCUT2D eigenvalue weighted by Gasteiger charge is 2.64. The van der Waals surface area contributed by atoms with Crippen LogP contribution in [0.5, 0.6) is 5.75 Å². The molecule has 2 fully saturated rings. The SMILES string of the molecule is COc1cc2cc(c1Cl)N(C)C(=O)C[C@H](OC(=O)[C@H](C)N(C)C(=O)CCCCCSC)[C@]1(C)O[C@H]1[C@H](C)[C@@H]1C[C@@](O)(NC(=O)O1)[C@H](OC)/C=C\C=C(\C)C2. The first-order valence-electron chi connectivity index (χ1n) is 18.3. The minimum atomic E-state index is -1.82. The van der Waals surface area contributed by atoms with Crippen LogP contribution in [0.2, 0.25) is 5.02 Å². The number of epoxide rings is 1. The number of carbonyl (C=O) groups is 4. The predicted octanol–water partition coefficient (Wildman–Crippen LogP) is 5.44. The first-order chi connectivity index (χ1) is 25.5. The lowest BCUT2D eigenvalue weighted by Crippen LogP contribution is -2.63. The summed E-state index contributed by atoms with van der Waals surface area (Å²) in [7, 11) is 6.08. The molecule has 3 aliphatic heterocycles.